The highest BCUT2D eigenvalue weighted by molar-refractivity contribution is 5.82. The fourth-order valence-electron chi connectivity index (χ4n) is 2.09. The first-order chi connectivity index (χ1) is 9.85. The van der Waals surface area contributed by atoms with Gasteiger partial charge in [0.25, 0.3) is 0 Å². The largest absolute Gasteiger partial charge is 0.394 e. The molecule has 0 spiro atoms. The second-order valence-corrected chi connectivity index (χ2v) is 4.58. The van der Waals surface area contributed by atoms with Gasteiger partial charge in [-0.05, 0) is 23.1 Å². The van der Waals surface area contributed by atoms with E-state index in [1.165, 1.54) is 5.56 Å². The predicted octanol–water partition coefficient (Wildman–Crippen LogP) is 3.57. The van der Waals surface area contributed by atoms with Gasteiger partial charge < -0.3 is 5.11 Å². The lowest BCUT2D eigenvalue weighted by atomic mass is 10.0. The molecule has 0 aliphatic carbocycles. The zero-order valence-corrected chi connectivity index (χ0v) is 11.4. The maximum atomic E-state index is 9.50. The van der Waals surface area contributed by atoms with E-state index in [4.69, 9.17) is 0 Å². The third-order valence-electron chi connectivity index (χ3n) is 3.17. The molecular weight excluding hydrogens is 246 g/mol. The molecule has 0 bridgehead atoms. The summed E-state index contributed by atoms with van der Waals surface area (Å²) in [6.45, 7) is 3.78. The molecule has 2 aromatic rings. The predicted molar refractivity (Wildman–Crippen MR) is 84.2 cm³/mol. The molecule has 0 radical (unpaired) electrons. The average Bonchev–Trinajstić information content (AvgIpc) is 2.51. The van der Waals surface area contributed by atoms with Crippen molar-refractivity contribution >= 4 is 6.21 Å². The van der Waals surface area contributed by atoms with E-state index in [1.807, 2.05) is 60.8 Å². The van der Waals surface area contributed by atoms with Gasteiger partial charge in [-0.2, -0.15) is 0 Å². The molecule has 102 valence electrons. The Kier molecular flexibility index (Phi) is 5.27. The van der Waals surface area contributed by atoms with Gasteiger partial charge in [0.15, 0.2) is 0 Å². The molecule has 0 aromatic heterocycles. The minimum Gasteiger partial charge on any atom is -0.394 e. The Morgan fingerprint density at radius 3 is 2.45 bits per heavy atom. The van der Waals surface area contributed by atoms with Crippen molar-refractivity contribution in [1.82, 2.24) is 0 Å². The maximum absolute atomic E-state index is 9.50. The molecule has 0 aliphatic heterocycles. The van der Waals surface area contributed by atoms with E-state index in [2.05, 4.69) is 17.6 Å². The fourth-order valence-corrected chi connectivity index (χ4v) is 2.09. The van der Waals surface area contributed by atoms with Gasteiger partial charge in [-0.3, -0.25) is 4.99 Å². The lowest BCUT2D eigenvalue weighted by molar-refractivity contribution is 0.269. The molecule has 0 unspecified atom stereocenters. The highest BCUT2D eigenvalue weighted by atomic mass is 16.3. The average molecular weight is 265 g/mol. The first kappa shape index (κ1) is 14.2. The van der Waals surface area contributed by atoms with Crippen LogP contribution in [0.1, 0.15) is 22.7 Å². The van der Waals surface area contributed by atoms with E-state index in [1.54, 1.807) is 0 Å². The highest BCUT2D eigenvalue weighted by Gasteiger charge is 2.07. The summed E-state index contributed by atoms with van der Waals surface area (Å²) in [5.74, 6) is 0. The maximum Gasteiger partial charge on any atom is 0.0979 e. The van der Waals surface area contributed by atoms with Crippen molar-refractivity contribution in [2.75, 3.05) is 6.61 Å². The SMILES string of the molecule is C=CCc1ccccc1C=N[C@H](CO)c1ccccc1. The van der Waals surface area contributed by atoms with Crippen LogP contribution in [0.3, 0.4) is 0 Å². The van der Waals surface area contributed by atoms with E-state index < -0.39 is 0 Å². The van der Waals surface area contributed by atoms with Crippen LogP contribution in [-0.2, 0) is 6.42 Å². The summed E-state index contributed by atoms with van der Waals surface area (Å²) in [6.07, 6.45) is 4.54. The zero-order valence-electron chi connectivity index (χ0n) is 11.4. The molecule has 1 atom stereocenters. The molecule has 1 N–H and O–H groups in total. The summed E-state index contributed by atoms with van der Waals surface area (Å²) in [5.41, 5.74) is 3.28. The molecule has 2 nitrogen and oxygen atoms in total. The summed E-state index contributed by atoms with van der Waals surface area (Å²) in [5, 5.41) is 9.50. The number of hydrogen-bond acceptors (Lipinski definition) is 2. The number of aliphatic hydroxyl groups is 1. The monoisotopic (exact) mass is 265 g/mol. The van der Waals surface area contributed by atoms with Crippen LogP contribution >= 0.6 is 0 Å². The molecule has 0 amide bonds. The van der Waals surface area contributed by atoms with E-state index in [0.29, 0.717) is 0 Å². The molecular formula is C18H19NO. The van der Waals surface area contributed by atoms with E-state index in [9.17, 15) is 5.11 Å². The number of nitrogens with zero attached hydrogens (tertiary/aromatic N) is 1. The standard InChI is InChI=1S/C18H19NO/c1-2-8-15-9-6-7-12-17(15)13-19-18(14-20)16-10-4-3-5-11-16/h2-7,9-13,18,20H,1,8,14H2/t18-/m1/s1. The van der Waals surface area contributed by atoms with Crippen LogP contribution in [0.25, 0.3) is 0 Å². The second-order valence-electron chi connectivity index (χ2n) is 4.58. The third kappa shape index (κ3) is 3.65. The van der Waals surface area contributed by atoms with Crippen molar-refractivity contribution in [3.05, 3.63) is 83.9 Å². The fraction of sp³-hybridized carbons (Fsp3) is 0.167. The summed E-state index contributed by atoms with van der Waals surface area (Å²) in [4.78, 5) is 4.52. The molecule has 0 aliphatic rings. The third-order valence-corrected chi connectivity index (χ3v) is 3.17. The molecule has 0 fully saturated rings. The Labute approximate surface area is 120 Å². The Morgan fingerprint density at radius 1 is 1.05 bits per heavy atom. The van der Waals surface area contributed by atoms with Gasteiger partial charge in [0, 0.05) is 6.21 Å². The molecule has 0 saturated carbocycles. The van der Waals surface area contributed by atoms with Gasteiger partial charge in [0.1, 0.15) is 0 Å². The molecule has 0 heterocycles. The number of hydrogen-bond donors (Lipinski definition) is 1. The smallest absolute Gasteiger partial charge is 0.0979 e. The first-order valence-corrected chi connectivity index (χ1v) is 6.73. The number of rotatable bonds is 6. The van der Waals surface area contributed by atoms with Gasteiger partial charge in [0.2, 0.25) is 0 Å². The molecule has 2 aromatic carbocycles. The van der Waals surface area contributed by atoms with Crippen LogP contribution in [0, 0.1) is 0 Å². The Morgan fingerprint density at radius 2 is 1.75 bits per heavy atom. The van der Waals surface area contributed by atoms with E-state index >= 15 is 0 Å². The summed E-state index contributed by atoms with van der Waals surface area (Å²) >= 11 is 0. The van der Waals surface area contributed by atoms with Crippen LogP contribution in [-0.4, -0.2) is 17.9 Å². The van der Waals surface area contributed by atoms with Gasteiger partial charge in [-0.25, -0.2) is 0 Å². The Balaban J connectivity index is 2.21. The van der Waals surface area contributed by atoms with Crippen molar-refractivity contribution in [3.63, 3.8) is 0 Å². The van der Waals surface area contributed by atoms with Gasteiger partial charge in [-0.1, -0.05) is 60.7 Å². The Hall–Kier alpha value is -2.19. The van der Waals surface area contributed by atoms with Gasteiger partial charge >= 0.3 is 0 Å². The van der Waals surface area contributed by atoms with Crippen LogP contribution in [0.2, 0.25) is 0 Å². The van der Waals surface area contributed by atoms with Crippen molar-refractivity contribution < 1.29 is 5.11 Å². The highest BCUT2D eigenvalue weighted by Crippen LogP contribution is 2.17. The summed E-state index contributed by atoms with van der Waals surface area (Å²) in [6, 6.07) is 17.7. The van der Waals surface area contributed by atoms with E-state index in [0.717, 1.165) is 17.5 Å². The minimum absolute atomic E-state index is 0.00411. The lowest BCUT2D eigenvalue weighted by Crippen LogP contribution is -2.02. The summed E-state index contributed by atoms with van der Waals surface area (Å²) < 4.78 is 0. The minimum atomic E-state index is -0.215. The second kappa shape index (κ2) is 7.41. The van der Waals surface area contributed by atoms with Crippen LogP contribution in [0.4, 0.5) is 0 Å². The van der Waals surface area contributed by atoms with Gasteiger partial charge in [0.05, 0.1) is 12.6 Å². The van der Waals surface area contributed by atoms with Crippen LogP contribution in [0.5, 0.6) is 0 Å². The van der Waals surface area contributed by atoms with Crippen molar-refractivity contribution in [2.24, 2.45) is 4.99 Å². The van der Waals surface area contributed by atoms with E-state index in [-0.39, 0.29) is 12.6 Å². The number of allylic oxidation sites excluding steroid dienone is 1. The number of aliphatic imine (C=N–C) groups is 1. The normalized spacial score (nSPS) is 12.4. The zero-order chi connectivity index (χ0) is 14.2. The molecule has 0 saturated heterocycles. The Bertz CT molecular complexity index is 575. The summed E-state index contributed by atoms with van der Waals surface area (Å²) in [7, 11) is 0. The number of benzene rings is 2. The van der Waals surface area contributed by atoms with Crippen molar-refractivity contribution in [3.8, 4) is 0 Å². The molecule has 2 rings (SSSR count). The number of aliphatic hydroxyl groups excluding tert-OH is 1. The lowest BCUT2D eigenvalue weighted by Gasteiger charge is -2.10. The topological polar surface area (TPSA) is 32.6 Å². The van der Waals surface area contributed by atoms with Gasteiger partial charge in [-0.15, -0.1) is 6.58 Å². The van der Waals surface area contributed by atoms with Crippen LogP contribution < -0.4 is 0 Å². The van der Waals surface area contributed by atoms with Crippen molar-refractivity contribution in [2.45, 2.75) is 12.5 Å². The van der Waals surface area contributed by atoms with Crippen LogP contribution in [0.15, 0.2) is 72.2 Å². The molecule has 20 heavy (non-hydrogen) atoms. The van der Waals surface area contributed by atoms with Crippen molar-refractivity contribution in [1.29, 1.82) is 0 Å². The quantitative estimate of drug-likeness (QED) is 0.628. The first-order valence-electron chi connectivity index (χ1n) is 6.73. The molecule has 2 heteroatoms.